The topological polar surface area (TPSA) is 60.7 Å². The van der Waals surface area contributed by atoms with Gasteiger partial charge in [-0.15, -0.1) is 0 Å². The Morgan fingerprint density at radius 3 is 2.35 bits per heavy atom. The van der Waals surface area contributed by atoms with Gasteiger partial charge in [0.15, 0.2) is 0 Å². The quantitative estimate of drug-likeness (QED) is 0.571. The number of rotatable bonds is 2. The molecule has 0 heterocycles. The molecule has 2 saturated carbocycles. The van der Waals surface area contributed by atoms with Gasteiger partial charge in [0.2, 0.25) is 0 Å². The second kappa shape index (κ2) is 7.00. The van der Waals surface area contributed by atoms with Crippen LogP contribution in [0.1, 0.15) is 78.3 Å². The van der Waals surface area contributed by atoms with Crippen molar-refractivity contribution in [2.45, 2.75) is 84.2 Å². The maximum Gasteiger partial charge on any atom is 0.121 e. The zero-order chi connectivity index (χ0) is 22.1. The van der Waals surface area contributed by atoms with Crippen molar-refractivity contribution in [1.82, 2.24) is 0 Å². The van der Waals surface area contributed by atoms with E-state index < -0.39 is 5.60 Å². The summed E-state index contributed by atoms with van der Waals surface area (Å²) in [7, 11) is 0. The fourth-order valence-corrected chi connectivity index (χ4v) is 7.75. The number of aliphatic hydroxyl groups is 1. The summed E-state index contributed by atoms with van der Waals surface area (Å²) in [5, 5.41) is 32.9. The van der Waals surface area contributed by atoms with Crippen molar-refractivity contribution in [3.63, 3.8) is 0 Å². The molecule has 2 aromatic rings. The lowest BCUT2D eigenvalue weighted by Crippen LogP contribution is -2.52. The molecule has 3 heteroatoms. The van der Waals surface area contributed by atoms with Crippen LogP contribution in [0.2, 0.25) is 0 Å². The summed E-state index contributed by atoms with van der Waals surface area (Å²) in [6.45, 7) is 8.37. The Hall–Kier alpha value is -2.00. The Balaban J connectivity index is 1.47. The molecule has 0 spiro atoms. The molecule has 3 aliphatic carbocycles. The monoisotopic (exact) mass is 420 g/mol. The van der Waals surface area contributed by atoms with Crippen LogP contribution in [0.15, 0.2) is 24.3 Å². The average Bonchev–Trinajstić information content (AvgIpc) is 2.99. The third-order valence-corrected chi connectivity index (χ3v) is 9.47. The second-order valence-corrected chi connectivity index (χ2v) is 11.0. The lowest BCUT2D eigenvalue weighted by molar-refractivity contribution is -0.102. The maximum absolute atomic E-state index is 12.0. The smallest absolute Gasteiger partial charge is 0.121 e. The van der Waals surface area contributed by atoms with Gasteiger partial charge in [-0.25, -0.2) is 0 Å². The molecule has 0 saturated heterocycles. The number of fused-ring (bicyclic) bond motifs is 5. The largest absolute Gasteiger partial charge is 0.508 e. The van der Waals surface area contributed by atoms with Crippen LogP contribution in [-0.4, -0.2) is 20.9 Å². The summed E-state index contributed by atoms with van der Waals surface area (Å²) < 4.78 is 0. The van der Waals surface area contributed by atoms with Gasteiger partial charge in [-0.1, -0.05) is 25.1 Å². The normalized spacial score (nSPS) is 34.2. The standard InChI is InChI=1S/C28H36O3/c1-16-5-8-24(29)25-20(16)6-7-21-22(25)9-11-27(4)23(21)10-12-28(27,31)15-19-13-17(2)26(30)18(3)14-19/h5,8,13-14,21-23,29-31H,6-7,9-12,15H2,1-4H3/t21-,22+,23+,27+,28-/m1/s1. The molecule has 5 rings (SSSR count). The van der Waals surface area contributed by atoms with E-state index in [-0.39, 0.29) is 5.41 Å². The van der Waals surface area contributed by atoms with Crippen LogP contribution in [0, 0.1) is 38.0 Å². The number of phenols is 2. The Bertz CT molecular complexity index is 1020. The molecule has 0 aliphatic heterocycles. The zero-order valence-electron chi connectivity index (χ0n) is 19.3. The first-order chi connectivity index (χ1) is 14.6. The highest BCUT2D eigenvalue weighted by atomic mass is 16.3. The Morgan fingerprint density at radius 1 is 0.935 bits per heavy atom. The molecule has 0 bridgehead atoms. The van der Waals surface area contributed by atoms with Gasteiger partial charge in [0.05, 0.1) is 5.60 Å². The molecule has 0 aromatic heterocycles. The summed E-state index contributed by atoms with van der Waals surface area (Å²) in [6, 6.07) is 8.02. The predicted octanol–water partition coefficient (Wildman–Crippen LogP) is 5.85. The SMILES string of the molecule is Cc1cc(C[C@]2(O)CC[C@H]3[C@@H]4CCc5c(C)ccc(O)c5[C@H]4CC[C@@]32C)cc(C)c1O. The number of benzene rings is 2. The summed E-state index contributed by atoms with van der Waals surface area (Å²) in [5.74, 6) is 2.28. The minimum atomic E-state index is -0.715. The first-order valence-corrected chi connectivity index (χ1v) is 12.0. The molecule has 3 N–H and O–H groups in total. The lowest BCUT2D eigenvalue weighted by Gasteiger charge is -2.53. The number of phenolic OH excluding ortho intramolecular Hbond substituents is 2. The number of hydrogen-bond acceptors (Lipinski definition) is 3. The first-order valence-electron chi connectivity index (χ1n) is 12.0. The molecule has 0 unspecified atom stereocenters. The summed E-state index contributed by atoms with van der Waals surface area (Å²) >= 11 is 0. The van der Waals surface area contributed by atoms with Gasteiger partial charge in [-0.3, -0.25) is 0 Å². The minimum Gasteiger partial charge on any atom is -0.508 e. The molecule has 31 heavy (non-hydrogen) atoms. The van der Waals surface area contributed by atoms with E-state index in [1.165, 1.54) is 16.7 Å². The third kappa shape index (κ3) is 2.96. The van der Waals surface area contributed by atoms with Crippen molar-refractivity contribution in [1.29, 1.82) is 0 Å². The van der Waals surface area contributed by atoms with Crippen LogP contribution in [0.5, 0.6) is 11.5 Å². The van der Waals surface area contributed by atoms with Crippen molar-refractivity contribution >= 4 is 0 Å². The molecule has 3 aliphatic rings. The highest BCUT2D eigenvalue weighted by Gasteiger charge is 2.61. The molecule has 166 valence electrons. The van der Waals surface area contributed by atoms with Gasteiger partial charge in [0, 0.05) is 12.0 Å². The van der Waals surface area contributed by atoms with Crippen molar-refractivity contribution in [2.75, 3.05) is 0 Å². The number of hydrogen-bond donors (Lipinski definition) is 3. The molecular formula is C28H36O3. The highest BCUT2D eigenvalue weighted by molar-refractivity contribution is 5.49. The van der Waals surface area contributed by atoms with E-state index in [0.717, 1.165) is 55.2 Å². The van der Waals surface area contributed by atoms with Crippen molar-refractivity contribution in [3.05, 3.63) is 57.6 Å². The number of aryl methyl sites for hydroxylation is 3. The van der Waals surface area contributed by atoms with Crippen molar-refractivity contribution in [2.24, 2.45) is 17.3 Å². The van der Waals surface area contributed by atoms with Gasteiger partial charge >= 0.3 is 0 Å². The molecule has 3 nitrogen and oxygen atoms in total. The predicted molar refractivity (Wildman–Crippen MR) is 124 cm³/mol. The lowest BCUT2D eigenvalue weighted by atomic mass is 9.52. The third-order valence-electron chi connectivity index (χ3n) is 9.47. The molecule has 5 atom stereocenters. The molecular weight excluding hydrogens is 384 g/mol. The van der Waals surface area contributed by atoms with Crippen molar-refractivity contribution in [3.8, 4) is 11.5 Å². The van der Waals surface area contributed by atoms with Gasteiger partial charge in [0.1, 0.15) is 11.5 Å². The summed E-state index contributed by atoms with van der Waals surface area (Å²) in [4.78, 5) is 0. The van der Waals surface area contributed by atoms with Crippen LogP contribution < -0.4 is 0 Å². The highest BCUT2D eigenvalue weighted by Crippen LogP contribution is 2.65. The van der Waals surface area contributed by atoms with E-state index in [4.69, 9.17) is 0 Å². The van der Waals surface area contributed by atoms with Crippen LogP contribution in [0.3, 0.4) is 0 Å². The van der Waals surface area contributed by atoms with Gasteiger partial charge in [-0.05, 0) is 116 Å². The number of aromatic hydroxyl groups is 2. The first kappa shape index (κ1) is 20.9. The fourth-order valence-electron chi connectivity index (χ4n) is 7.75. The molecule has 0 radical (unpaired) electrons. The molecule has 0 amide bonds. The minimum absolute atomic E-state index is 0.106. The maximum atomic E-state index is 12.0. The van der Waals surface area contributed by atoms with Crippen LogP contribution in [0.4, 0.5) is 0 Å². The average molecular weight is 421 g/mol. The zero-order valence-corrected chi connectivity index (χ0v) is 19.3. The van der Waals surface area contributed by atoms with E-state index >= 15 is 0 Å². The van der Waals surface area contributed by atoms with Crippen LogP contribution >= 0.6 is 0 Å². The van der Waals surface area contributed by atoms with E-state index in [0.29, 0.717) is 35.7 Å². The second-order valence-electron chi connectivity index (χ2n) is 11.0. The molecule has 2 aromatic carbocycles. The van der Waals surface area contributed by atoms with E-state index in [2.05, 4.69) is 19.9 Å². The summed E-state index contributed by atoms with van der Waals surface area (Å²) in [5.41, 5.74) is 5.96. The van der Waals surface area contributed by atoms with Crippen LogP contribution in [0.25, 0.3) is 0 Å². The van der Waals surface area contributed by atoms with Gasteiger partial charge in [0.25, 0.3) is 0 Å². The molecule has 2 fully saturated rings. The van der Waals surface area contributed by atoms with E-state index in [9.17, 15) is 15.3 Å². The summed E-state index contributed by atoms with van der Waals surface area (Å²) in [6.07, 6.45) is 6.79. The Morgan fingerprint density at radius 2 is 1.65 bits per heavy atom. The Kier molecular flexibility index (Phi) is 4.71. The van der Waals surface area contributed by atoms with Gasteiger partial charge < -0.3 is 15.3 Å². The Labute approximate surface area is 186 Å². The van der Waals surface area contributed by atoms with Gasteiger partial charge in [-0.2, -0.15) is 0 Å². The van der Waals surface area contributed by atoms with E-state index in [1.54, 1.807) is 0 Å². The van der Waals surface area contributed by atoms with Crippen molar-refractivity contribution < 1.29 is 15.3 Å². The van der Waals surface area contributed by atoms with Crippen LogP contribution in [-0.2, 0) is 12.8 Å². The van der Waals surface area contributed by atoms with E-state index in [1.807, 2.05) is 32.0 Å². The fraction of sp³-hybridized carbons (Fsp3) is 0.571.